The fourth-order valence-corrected chi connectivity index (χ4v) is 2.47. The Hall–Kier alpha value is -1.62. The average Bonchev–Trinajstić information content (AvgIpc) is 2.55. The Kier molecular flexibility index (Phi) is 9.29. The van der Waals surface area contributed by atoms with Gasteiger partial charge in [-0.3, -0.25) is 10.1 Å². The molecule has 0 spiro atoms. The van der Waals surface area contributed by atoms with Crippen molar-refractivity contribution in [1.29, 1.82) is 0 Å². The Bertz CT molecular complexity index is 498. The average molecular weight is 337 g/mol. The maximum Gasteiger partial charge on any atom is 0.261 e. The molecule has 5 heteroatoms. The number of hydrogen-bond acceptors (Lipinski definition) is 3. The van der Waals surface area contributed by atoms with Gasteiger partial charge < -0.3 is 9.64 Å². The molecule has 1 rings (SSSR count). The molecule has 0 heterocycles. The third-order valence-corrected chi connectivity index (χ3v) is 3.86. The van der Waals surface area contributed by atoms with Gasteiger partial charge in [-0.1, -0.05) is 38.8 Å². The minimum atomic E-state index is -0.211. The summed E-state index contributed by atoms with van der Waals surface area (Å²) in [6.45, 7) is 8.48. The molecule has 1 aromatic carbocycles. The van der Waals surface area contributed by atoms with Gasteiger partial charge in [0.15, 0.2) is 5.11 Å². The van der Waals surface area contributed by atoms with Crippen molar-refractivity contribution in [2.24, 2.45) is 0 Å². The van der Waals surface area contributed by atoms with E-state index in [0.717, 1.165) is 38.8 Å². The first-order valence-electron chi connectivity index (χ1n) is 8.46. The minimum absolute atomic E-state index is 0.211. The second kappa shape index (κ2) is 11.0. The minimum Gasteiger partial charge on any atom is -0.493 e. The van der Waals surface area contributed by atoms with Crippen LogP contribution in [0.1, 0.15) is 56.8 Å². The summed E-state index contributed by atoms with van der Waals surface area (Å²) in [5.41, 5.74) is 0.516. The zero-order chi connectivity index (χ0) is 17.1. The van der Waals surface area contributed by atoms with Gasteiger partial charge in [-0.15, -0.1) is 0 Å². The number of ether oxygens (including phenoxy) is 1. The molecule has 0 bridgehead atoms. The van der Waals surface area contributed by atoms with E-state index in [1.165, 1.54) is 0 Å². The maximum absolute atomic E-state index is 12.5. The monoisotopic (exact) mass is 336 g/mol. The highest BCUT2D eigenvalue weighted by Gasteiger charge is 2.16. The molecule has 1 amide bonds. The standard InChI is InChI=1S/C18H28N2O2S/c1-4-7-13-20(14-8-5-2)18(23)19-17(21)15-11-9-10-12-16(15)22-6-3/h9-12H,4-8,13-14H2,1-3H3,(H,19,21,23). The number of para-hydroxylation sites is 1. The highest BCUT2D eigenvalue weighted by Crippen LogP contribution is 2.17. The summed E-state index contributed by atoms with van der Waals surface area (Å²) in [7, 11) is 0. The summed E-state index contributed by atoms with van der Waals surface area (Å²) < 4.78 is 5.51. The van der Waals surface area contributed by atoms with Gasteiger partial charge in [-0.05, 0) is 44.1 Å². The third-order valence-electron chi connectivity index (χ3n) is 3.50. The van der Waals surface area contributed by atoms with Gasteiger partial charge in [0.2, 0.25) is 0 Å². The Balaban J connectivity index is 2.74. The largest absolute Gasteiger partial charge is 0.493 e. The van der Waals surface area contributed by atoms with E-state index < -0.39 is 0 Å². The Morgan fingerprint density at radius 3 is 2.30 bits per heavy atom. The third kappa shape index (κ3) is 6.57. The normalized spacial score (nSPS) is 10.2. The van der Waals surface area contributed by atoms with Crippen LogP contribution in [0.3, 0.4) is 0 Å². The number of thiocarbonyl (C=S) groups is 1. The number of benzene rings is 1. The first-order valence-corrected chi connectivity index (χ1v) is 8.86. The van der Waals surface area contributed by atoms with E-state index >= 15 is 0 Å². The van der Waals surface area contributed by atoms with E-state index in [9.17, 15) is 4.79 Å². The molecule has 0 unspecified atom stereocenters. The summed E-state index contributed by atoms with van der Waals surface area (Å²) >= 11 is 5.44. The van der Waals surface area contributed by atoms with E-state index in [0.29, 0.717) is 23.0 Å². The molecule has 1 aromatic rings. The Labute approximate surface area is 145 Å². The van der Waals surface area contributed by atoms with Crippen LogP contribution in [0.2, 0.25) is 0 Å². The molecule has 128 valence electrons. The van der Waals surface area contributed by atoms with Crippen molar-refractivity contribution in [2.75, 3.05) is 19.7 Å². The van der Waals surface area contributed by atoms with Gasteiger partial charge in [-0.25, -0.2) is 0 Å². The van der Waals surface area contributed by atoms with Crippen LogP contribution >= 0.6 is 12.2 Å². The fourth-order valence-electron chi connectivity index (χ4n) is 2.19. The van der Waals surface area contributed by atoms with Crippen LogP contribution in [-0.2, 0) is 0 Å². The SMILES string of the molecule is CCCCN(CCCC)C(=S)NC(=O)c1ccccc1OCC. The van der Waals surface area contributed by atoms with Gasteiger partial charge in [0, 0.05) is 13.1 Å². The van der Waals surface area contributed by atoms with Crippen molar-refractivity contribution in [3.8, 4) is 5.75 Å². The molecule has 1 N–H and O–H groups in total. The lowest BCUT2D eigenvalue weighted by Crippen LogP contribution is -2.43. The molecule has 0 radical (unpaired) electrons. The van der Waals surface area contributed by atoms with Crippen molar-refractivity contribution in [3.63, 3.8) is 0 Å². The zero-order valence-electron chi connectivity index (χ0n) is 14.4. The van der Waals surface area contributed by atoms with E-state index in [1.807, 2.05) is 19.1 Å². The van der Waals surface area contributed by atoms with Crippen LogP contribution in [0.15, 0.2) is 24.3 Å². The first kappa shape index (κ1) is 19.4. The Morgan fingerprint density at radius 1 is 1.13 bits per heavy atom. The van der Waals surface area contributed by atoms with Crippen LogP contribution in [-0.4, -0.2) is 35.6 Å². The molecule has 0 aliphatic heterocycles. The molecule has 23 heavy (non-hydrogen) atoms. The van der Waals surface area contributed by atoms with Crippen LogP contribution in [0, 0.1) is 0 Å². The molecule has 0 atom stereocenters. The molecule has 0 fully saturated rings. The van der Waals surface area contributed by atoms with Gasteiger partial charge in [0.1, 0.15) is 5.75 Å². The zero-order valence-corrected chi connectivity index (χ0v) is 15.2. The van der Waals surface area contributed by atoms with Crippen LogP contribution in [0.5, 0.6) is 5.75 Å². The predicted octanol–water partition coefficient (Wildman–Crippen LogP) is 4.00. The number of unbranched alkanes of at least 4 members (excludes halogenated alkanes) is 2. The second-order valence-electron chi connectivity index (χ2n) is 5.38. The highest BCUT2D eigenvalue weighted by atomic mass is 32.1. The quantitative estimate of drug-likeness (QED) is 0.692. The fraction of sp³-hybridized carbons (Fsp3) is 0.556. The molecular weight excluding hydrogens is 308 g/mol. The summed E-state index contributed by atoms with van der Waals surface area (Å²) in [6, 6.07) is 7.24. The smallest absolute Gasteiger partial charge is 0.261 e. The molecule has 4 nitrogen and oxygen atoms in total. The van der Waals surface area contributed by atoms with Crippen molar-refractivity contribution >= 4 is 23.2 Å². The topological polar surface area (TPSA) is 41.6 Å². The number of hydrogen-bond donors (Lipinski definition) is 1. The molecule has 0 saturated carbocycles. The molecular formula is C18H28N2O2S. The van der Waals surface area contributed by atoms with Crippen molar-refractivity contribution < 1.29 is 9.53 Å². The lowest BCUT2D eigenvalue weighted by atomic mass is 10.2. The Morgan fingerprint density at radius 2 is 1.74 bits per heavy atom. The van der Waals surface area contributed by atoms with E-state index in [2.05, 4.69) is 24.1 Å². The summed E-state index contributed by atoms with van der Waals surface area (Å²) in [4.78, 5) is 14.6. The molecule has 0 aromatic heterocycles. The summed E-state index contributed by atoms with van der Waals surface area (Å²) in [5.74, 6) is 0.376. The van der Waals surface area contributed by atoms with Gasteiger partial charge in [0.05, 0.1) is 12.2 Å². The van der Waals surface area contributed by atoms with Crippen molar-refractivity contribution in [2.45, 2.75) is 46.5 Å². The van der Waals surface area contributed by atoms with Gasteiger partial charge in [0.25, 0.3) is 5.91 Å². The van der Waals surface area contributed by atoms with Crippen LogP contribution < -0.4 is 10.1 Å². The lowest BCUT2D eigenvalue weighted by molar-refractivity contribution is 0.0969. The van der Waals surface area contributed by atoms with Crippen LogP contribution in [0.4, 0.5) is 0 Å². The lowest BCUT2D eigenvalue weighted by Gasteiger charge is -2.25. The number of nitrogens with zero attached hydrogens (tertiary/aromatic N) is 1. The van der Waals surface area contributed by atoms with Crippen LogP contribution in [0.25, 0.3) is 0 Å². The van der Waals surface area contributed by atoms with Crippen molar-refractivity contribution in [3.05, 3.63) is 29.8 Å². The number of amides is 1. The number of carbonyl (C=O) groups is 1. The molecule has 0 aliphatic carbocycles. The summed E-state index contributed by atoms with van der Waals surface area (Å²) in [5, 5.41) is 3.35. The van der Waals surface area contributed by atoms with E-state index in [-0.39, 0.29) is 5.91 Å². The van der Waals surface area contributed by atoms with E-state index in [1.54, 1.807) is 12.1 Å². The first-order chi connectivity index (χ1) is 11.1. The maximum atomic E-state index is 12.5. The number of rotatable bonds is 9. The van der Waals surface area contributed by atoms with Crippen molar-refractivity contribution in [1.82, 2.24) is 10.2 Å². The van der Waals surface area contributed by atoms with E-state index in [4.69, 9.17) is 17.0 Å². The molecule has 0 aliphatic rings. The number of nitrogens with one attached hydrogen (secondary N) is 1. The number of carbonyl (C=O) groups excluding carboxylic acids is 1. The van der Waals surface area contributed by atoms with Gasteiger partial charge in [-0.2, -0.15) is 0 Å². The second-order valence-corrected chi connectivity index (χ2v) is 5.77. The van der Waals surface area contributed by atoms with Gasteiger partial charge >= 0.3 is 0 Å². The highest BCUT2D eigenvalue weighted by molar-refractivity contribution is 7.80. The molecule has 0 saturated heterocycles. The summed E-state index contributed by atoms with van der Waals surface area (Å²) in [6.07, 6.45) is 4.34. The predicted molar refractivity (Wildman–Crippen MR) is 99.1 cm³/mol.